The molecule has 16 heteroatoms. The average Bonchev–Trinajstić information content (AvgIpc) is 3.79. The zero-order valence-electron chi connectivity index (χ0n) is 27.4. The van der Waals surface area contributed by atoms with Gasteiger partial charge in [-0.15, -0.1) is 0 Å². The summed E-state index contributed by atoms with van der Waals surface area (Å²) in [6, 6.07) is 5.13. The van der Waals surface area contributed by atoms with Crippen LogP contribution in [0.1, 0.15) is 22.3 Å². The second kappa shape index (κ2) is 12.4. The Morgan fingerprint density at radius 3 is 2.66 bits per heavy atom. The number of nitrogens with zero attached hydrogens (tertiary/aromatic N) is 6. The summed E-state index contributed by atoms with van der Waals surface area (Å²) in [4.78, 5) is 66.9. The van der Waals surface area contributed by atoms with Gasteiger partial charge in [-0.1, -0.05) is 0 Å². The molecule has 50 heavy (non-hydrogen) atoms. The summed E-state index contributed by atoms with van der Waals surface area (Å²) in [6.07, 6.45) is 5.56. The van der Waals surface area contributed by atoms with Crippen molar-refractivity contribution in [2.24, 2.45) is 13.0 Å². The van der Waals surface area contributed by atoms with Crippen LogP contribution in [0.15, 0.2) is 35.5 Å². The van der Waals surface area contributed by atoms with Gasteiger partial charge >= 0.3 is 5.97 Å². The number of aryl methyl sites for hydroxylation is 1. The number of pyridine rings is 3. The molecule has 0 aliphatic carbocycles. The third kappa shape index (κ3) is 5.31. The topological polar surface area (TPSA) is 201 Å². The molecule has 0 spiro atoms. The maximum atomic E-state index is 15.5. The zero-order chi connectivity index (χ0) is 35.4. The van der Waals surface area contributed by atoms with E-state index in [2.05, 4.69) is 48.8 Å². The summed E-state index contributed by atoms with van der Waals surface area (Å²) < 4.78 is 17.0. The number of aromatic nitrogens is 4. The van der Waals surface area contributed by atoms with Gasteiger partial charge in [-0.3, -0.25) is 19.2 Å². The predicted octanol–water partition coefficient (Wildman–Crippen LogP) is 1.75. The highest BCUT2D eigenvalue weighted by atomic mass is 19.1. The highest BCUT2D eigenvalue weighted by Gasteiger charge is 2.42. The largest absolute Gasteiger partial charge is 0.480 e. The van der Waals surface area contributed by atoms with Crippen molar-refractivity contribution >= 4 is 62.1 Å². The lowest BCUT2D eigenvalue weighted by Crippen LogP contribution is -2.40. The number of carboxylic acid groups (broad SMARTS) is 1. The molecule has 6 heterocycles. The van der Waals surface area contributed by atoms with Crippen molar-refractivity contribution in [1.29, 1.82) is 5.26 Å². The Morgan fingerprint density at radius 1 is 1.12 bits per heavy atom. The van der Waals surface area contributed by atoms with E-state index < -0.39 is 42.1 Å². The van der Waals surface area contributed by atoms with E-state index in [0.29, 0.717) is 56.9 Å². The fourth-order valence-electron chi connectivity index (χ4n) is 7.41. The van der Waals surface area contributed by atoms with Crippen LogP contribution < -0.4 is 26.3 Å². The number of hydrogen-bond acceptors (Lipinski definition) is 10. The van der Waals surface area contributed by atoms with Gasteiger partial charge in [0.2, 0.25) is 11.3 Å². The number of carboxylic acids is 1. The molecule has 2 aliphatic heterocycles. The van der Waals surface area contributed by atoms with Crippen LogP contribution in [0.3, 0.4) is 0 Å². The molecule has 2 fully saturated rings. The highest BCUT2D eigenvalue weighted by Crippen LogP contribution is 2.47. The van der Waals surface area contributed by atoms with E-state index in [-0.39, 0.29) is 22.6 Å². The molecule has 2 aliphatic rings. The summed E-state index contributed by atoms with van der Waals surface area (Å²) in [5.41, 5.74) is 2.73. The molecule has 0 saturated carbocycles. The molecule has 0 radical (unpaired) electrons. The number of carbonyl (C=O) groups is 3. The number of hydrogen-bond donors (Lipinski definition) is 5. The molecular weight excluding hydrogens is 647 g/mol. The molecule has 5 aromatic rings. The predicted molar refractivity (Wildman–Crippen MR) is 184 cm³/mol. The molecule has 5 N–H and O–H groups in total. The maximum absolute atomic E-state index is 15.5. The van der Waals surface area contributed by atoms with Gasteiger partial charge in [-0.2, -0.15) is 5.26 Å². The van der Waals surface area contributed by atoms with Crippen molar-refractivity contribution in [3.05, 3.63) is 57.9 Å². The molecule has 256 valence electrons. The molecule has 15 nitrogen and oxygen atoms in total. The van der Waals surface area contributed by atoms with Crippen molar-refractivity contribution in [2.75, 3.05) is 57.0 Å². The zero-order valence-corrected chi connectivity index (χ0v) is 27.4. The second-order valence-corrected chi connectivity index (χ2v) is 12.7. The number of fused-ring (bicyclic) bond motifs is 5. The van der Waals surface area contributed by atoms with Gasteiger partial charge in [0.05, 0.1) is 39.8 Å². The van der Waals surface area contributed by atoms with Crippen molar-refractivity contribution in [1.82, 2.24) is 35.1 Å². The van der Waals surface area contributed by atoms with Crippen LogP contribution >= 0.6 is 0 Å². The number of anilines is 2. The van der Waals surface area contributed by atoms with Crippen molar-refractivity contribution in [2.45, 2.75) is 12.5 Å². The highest BCUT2D eigenvalue weighted by molar-refractivity contribution is 6.20. The van der Waals surface area contributed by atoms with Gasteiger partial charge in [0.1, 0.15) is 35.3 Å². The van der Waals surface area contributed by atoms with E-state index in [1.807, 2.05) is 0 Å². The molecule has 0 bridgehead atoms. The maximum Gasteiger partial charge on any atom is 0.322 e. The lowest BCUT2D eigenvalue weighted by Gasteiger charge is -2.29. The van der Waals surface area contributed by atoms with Crippen LogP contribution in [0, 0.1) is 23.1 Å². The second-order valence-electron chi connectivity index (χ2n) is 12.7. The van der Waals surface area contributed by atoms with Crippen LogP contribution in [0.5, 0.6) is 0 Å². The summed E-state index contributed by atoms with van der Waals surface area (Å²) in [7, 11) is 5.38. The first-order chi connectivity index (χ1) is 24.0. The van der Waals surface area contributed by atoms with E-state index in [1.165, 1.54) is 16.8 Å². The van der Waals surface area contributed by atoms with Gasteiger partial charge in [-0.05, 0) is 25.5 Å². The number of benzene rings is 1. The number of amides is 2. The van der Waals surface area contributed by atoms with Gasteiger partial charge in [-0.25, -0.2) is 14.4 Å². The Balaban J connectivity index is 1.41. The number of halogens is 1. The Labute approximate surface area is 283 Å². The van der Waals surface area contributed by atoms with E-state index in [1.54, 1.807) is 32.6 Å². The Bertz CT molecular complexity index is 2360. The smallest absolute Gasteiger partial charge is 0.322 e. The molecule has 0 unspecified atom stereocenters. The van der Waals surface area contributed by atoms with Crippen LogP contribution in [-0.2, 0) is 16.6 Å². The first-order valence-corrected chi connectivity index (χ1v) is 16.0. The van der Waals surface area contributed by atoms with Gasteiger partial charge in [0.15, 0.2) is 0 Å². The summed E-state index contributed by atoms with van der Waals surface area (Å²) in [5.74, 6) is -3.04. The fraction of sp³-hybridized carbons (Fsp3) is 0.324. The Hall–Kier alpha value is -6.08. The third-order valence-electron chi connectivity index (χ3n) is 9.64. The summed E-state index contributed by atoms with van der Waals surface area (Å²) in [5, 5.41) is 27.6. The Morgan fingerprint density at radius 2 is 1.92 bits per heavy atom. The lowest BCUT2D eigenvalue weighted by molar-refractivity contribution is -0.137. The Kier molecular flexibility index (Phi) is 8.07. The van der Waals surface area contributed by atoms with E-state index >= 15 is 4.39 Å². The number of aliphatic carboxylic acids is 1. The summed E-state index contributed by atoms with van der Waals surface area (Å²) >= 11 is 0. The SMILES string of the molecule is CNc1cc(F)c(C#N)c2c1[nH]c1ncc(-c3cnc4c(c3)c(=O)c(C(=O)NCC(=O)NCC(=O)O)cn4C)c(N3CC[C@H]4CN(C)C[C@H]43)c12. The normalized spacial score (nSPS) is 17.3. The van der Waals surface area contributed by atoms with E-state index in [0.717, 1.165) is 25.2 Å². The van der Waals surface area contributed by atoms with Crippen molar-refractivity contribution < 1.29 is 23.9 Å². The van der Waals surface area contributed by atoms with E-state index in [9.17, 15) is 24.4 Å². The quantitative estimate of drug-likeness (QED) is 0.160. The van der Waals surface area contributed by atoms with Crippen LogP contribution in [0.4, 0.5) is 15.8 Å². The van der Waals surface area contributed by atoms with Gasteiger partial charge in [0.25, 0.3) is 5.91 Å². The number of carbonyl (C=O) groups excluding carboxylic acids is 2. The van der Waals surface area contributed by atoms with Crippen LogP contribution in [-0.4, -0.2) is 100 Å². The fourth-order valence-corrected chi connectivity index (χ4v) is 7.41. The van der Waals surface area contributed by atoms with Crippen molar-refractivity contribution in [3.8, 4) is 17.2 Å². The number of nitrogens with one attached hydrogen (secondary N) is 4. The number of H-pyrrole nitrogens is 1. The summed E-state index contributed by atoms with van der Waals surface area (Å²) in [6.45, 7) is 1.31. The number of rotatable bonds is 8. The number of nitriles is 1. The third-order valence-corrected chi connectivity index (χ3v) is 9.64. The lowest BCUT2D eigenvalue weighted by atomic mass is 9.98. The van der Waals surface area contributed by atoms with Crippen molar-refractivity contribution in [3.63, 3.8) is 0 Å². The number of likely N-dealkylation sites (tertiary alicyclic amines) is 1. The molecular formula is C34H33FN10O5. The minimum Gasteiger partial charge on any atom is -0.480 e. The first kappa shape index (κ1) is 32.5. The number of aromatic amines is 1. The van der Waals surface area contributed by atoms with Gasteiger partial charge < -0.3 is 40.4 Å². The minimum absolute atomic E-state index is 0.109. The number of likely N-dealkylation sites (N-methyl/N-ethyl adjacent to an activating group) is 1. The van der Waals surface area contributed by atoms with E-state index in [4.69, 9.17) is 10.1 Å². The standard InChI is InChI=1S/C34H33FN10O5/c1-37-23-7-22(35)19(8-36)27-28-30(45-5-4-16-13-43(2)15-24(16)45)20(10-39-32(28)42-29(23)27)17-6-18-31(49)21(14-44(3)33(18)40-9-17)34(50)41-11-25(46)38-12-26(47)48/h6-7,9-10,14,16,24,37H,4-5,11-13,15H2,1-3H3,(H,38,46)(H,39,42)(H,41,50)(H,47,48)/t16-,24+/m0/s1. The van der Waals surface area contributed by atoms with Crippen LogP contribution in [0.25, 0.3) is 44.1 Å². The molecule has 1 aromatic carbocycles. The molecule has 4 aromatic heterocycles. The van der Waals surface area contributed by atoms with Crippen LogP contribution in [0.2, 0.25) is 0 Å². The molecule has 7 rings (SSSR count). The first-order valence-electron chi connectivity index (χ1n) is 16.0. The minimum atomic E-state index is -1.24. The molecule has 2 amide bonds. The van der Waals surface area contributed by atoms with Gasteiger partial charge in [0, 0.05) is 80.9 Å². The monoisotopic (exact) mass is 680 g/mol. The average molecular weight is 681 g/mol. The molecule has 2 saturated heterocycles. The molecule has 2 atom stereocenters.